The van der Waals surface area contributed by atoms with Gasteiger partial charge in [0.25, 0.3) is 5.91 Å². The third-order valence-corrected chi connectivity index (χ3v) is 8.57. The Morgan fingerprint density at radius 1 is 0.955 bits per heavy atom. The molecule has 0 spiro atoms. The number of sulfonamides is 1. The molecule has 6 aromatic rings. The van der Waals surface area contributed by atoms with Gasteiger partial charge in [-0.3, -0.25) is 19.1 Å². The molecule has 0 aliphatic heterocycles. The molecule has 11 nitrogen and oxygen atoms in total. The average Bonchev–Trinajstić information content (AvgIpc) is 3.41. The maximum Gasteiger partial charge on any atom is 0.316 e. The molecule has 1 amide bonds. The van der Waals surface area contributed by atoms with Gasteiger partial charge in [-0.1, -0.05) is 29.8 Å². The molecule has 0 saturated heterocycles. The van der Waals surface area contributed by atoms with E-state index in [-0.39, 0.29) is 11.9 Å². The van der Waals surface area contributed by atoms with Gasteiger partial charge in [0.15, 0.2) is 0 Å². The Bertz CT molecular complexity index is 2180. The Hall–Kier alpha value is -5.36. The first-order valence-corrected chi connectivity index (χ1v) is 15.4. The number of anilines is 1. The van der Waals surface area contributed by atoms with E-state index in [1.54, 1.807) is 44.0 Å². The lowest BCUT2D eigenvalue weighted by Gasteiger charge is -2.21. The predicted octanol–water partition coefficient (Wildman–Crippen LogP) is 5.24. The molecule has 1 N–H and O–H groups in total. The molecular formula is C32H28N6O5S. The number of carbonyl (C=O) groups excluding carboxylic acids is 1. The molecule has 222 valence electrons. The van der Waals surface area contributed by atoms with Gasteiger partial charge in [-0.05, 0) is 25.1 Å². The molecular weight excluding hydrogens is 580 g/mol. The van der Waals surface area contributed by atoms with E-state index < -0.39 is 10.0 Å². The van der Waals surface area contributed by atoms with Crippen LogP contribution in [0.15, 0.2) is 77.7 Å². The quantitative estimate of drug-likeness (QED) is 0.258. The lowest BCUT2D eigenvalue weighted by molar-refractivity contribution is 0.0964. The highest BCUT2D eigenvalue weighted by molar-refractivity contribution is 7.92. The molecule has 44 heavy (non-hydrogen) atoms. The number of carbonyl (C=O) groups is 1. The largest absolute Gasteiger partial charge is 0.467 e. The van der Waals surface area contributed by atoms with Crippen molar-refractivity contribution in [2.45, 2.75) is 6.92 Å². The van der Waals surface area contributed by atoms with Crippen LogP contribution in [0, 0.1) is 6.92 Å². The van der Waals surface area contributed by atoms with Crippen molar-refractivity contribution in [3.05, 3.63) is 84.4 Å². The topological polar surface area (TPSA) is 140 Å². The van der Waals surface area contributed by atoms with Crippen molar-refractivity contribution in [1.82, 2.24) is 25.3 Å². The first kappa shape index (κ1) is 28.7. The van der Waals surface area contributed by atoms with Crippen molar-refractivity contribution in [1.29, 1.82) is 0 Å². The molecule has 6 rings (SSSR count). The summed E-state index contributed by atoms with van der Waals surface area (Å²) in [6, 6.07) is 15.0. The van der Waals surface area contributed by atoms with Crippen LogP contribution in [-0.2, 0) is 10.0 Å². The number of hydrogen-bond acceptors (Lipinski definition) is 9. The van der Waals surface area contributed by atoms with Crippen LogP contribution in [-0.4, -0.2) is 61.7 Å². The molecule has 4 aromatic heterocycles. The van der Waals surface area contributed by atoms with E-state index in [1.807, 2.05) is 43.3 Å². The molecule has 0 radical (unpaired) electrons. The van der Waals surface area contributed by atoms with Gasteiger partial charge in [0, 0.05) is 71.8 Å². The summed E-state index contributed by atoms with van der Waals surface area (Å²) < 4.78 is 38.1. The van der Waals surface area contributed by atoms with E-state index in [0.717, 1.165) is 22.8 Å². The Morgan fingerprint density at radius 2 is 1.70 bits per heavy atom. The first-order valence-electron chi connectivity index (χ1n) is 13.5. The first-order chi connectivity index (χ1) is 21.1. The van der Waals surface area contributed by atoms with Gasteiger partial charge < -0.3 is 14.5 Å². The Labute approximate surface area is 253 Å². The van der Waals surface area contributed by atoms with Gasteiger partial charge in [-0.25, -0.2) is 13.4 Å². The van der Waals surface area contributed by atoms with E-state index >= 15 is 0 Å². The van der Waals surface area contributed by atoms with Crippen LogP contribution in [0.2, 0.25) is 0 Å². The van der Waals surface area contributed by atoms with Gasteiger partial charge in [0.05, 0.1) is 42.0 Å². The summed E-state index contributed by atoms with van der Waals surface area (Å²) >= 11 is 0. The molecule has 0 unspecified atom stereocenters. The van der Waals surface area contributed by atoms with Crippen LogP contribution in [0.3, 0.4) is 0 Å². The van der Waals surface area contributed by atoms with Gasteiger partial charge >= 0.3 is 6.01 Å². The SMILES string of the molecule is CNC(=O)c1c(-c2ccc(C)cc2)oc2cc(N(C)S(C)(=O)=O)c(-c3cncc(-c4cc5cnc(OC)nc5cn4)c3)cc12. The minimum Gasteiger partial charge on any atom is -0.467 e. The lowest BCUT2D eigenvalue weighted by Crippen LogP contribution is -2.25. The van der Waals surface area contributed by atoms with Crippen molar-refractivity contribution in [3.63, 3.8) is 0 Å². The van der Waals surface area contributed by atoms with E-state index in [4.69, 9.17) is 9.15 Å². The second-order valence-electron chi connectivity index (χ2n) is 10.3. The molecule has 2 aromatic carbocycles. The monoisotopic (exact) mass is 608 g/mol. The highest BCUT2D eigenvalue weighted by Gasteiger charge is 2.26. The van der Waals surface area contributed by atoms with E-state index in [9.17, 15) is 13.2 Å². The fourth-order valence-corrected chi connectivity index (χ4v) is 5.47. The van der Waals surface area contributed by atoms with Gasteiger partial charge in [0.2, 0.25) is 10.0 Å². The molecule has 4 heterocycles. The molecule has 0 fully saturated rings. The third-order valence-electron chi connectivity index (χ3n) is 7.38. The minimum atomic E-state index is -3.67. The van der Waals surface area contributed by atoms with Crippen molar-refractivity contribution in [2.75, 3.05) is 31.8 Å². The number of nitrogens with one attached hydrogen (secondary N) is 1. The summed E-state index contributed by atoms with van der Waals surface area (Å²) in [4.78, 5) is 30.8. The highest BCUT2D eigenvalue weighted by atomic mass is 32.2. The molecule has 0 aliphatic rings. The van der Waals surface area contributed by atoms with Crippen molar-refractivity contribution >= 4 is 43.5 Å². The smallest absolute Gasteiger partial charge is 0.316 e. The minimum absolute atomic E-state index is 0.245. The number of hydrogen-bond donors (Lipinski definition) is 1. The zero-order valence-electron chi connectivity index (χ0n) is 24.6. The van der Waals surface area contributed by atoms with Crippen LogP contribution in [0.5, 0.6) is 6.01 Å². The number of amides is 1. The van der Waals surface area contributed by atoms with E-state index in [2.05, 4.69) is 25.3 Å². The number of benzene rings is 2. The summed E-state index contributed by atoms with van der Waals surface area (Å²) in [5, 5.41) is 4.00. The van der Waals surface area contributed by atoms with Gasteiger partial charge in [-0.2, -0.15) is 4.98 Å². The highest BCUT2D eigenvalue weighted by Crippen LogP contribution is 2.41. The average molecular weight is 609 g/mol. The third kappa shape index (κ3) is 5.20. The lowest BCUT2D eigenvalue weighted by atomic mass is 9.98. The van der Waals surface area contributed by atoms with Crippen LogP contribution in [0.4, 0.5) is 5.69 Å². The second kappa shape index (κ2) is 11.0. The molecule has 0 saturated carbocycles. The van der Waals surface area contributed by atoms with Crippen molar-refractivity contribution < 1.29 is 22.4 Å². The maximum atomic E-state index is 13.2. The fraction of sp³-hybridized carbons (Fsp3) is 0.156. The summed E-state index contributed by atoms with van der Waals surface area (Å²) in [6.45, 7) is 1.97. The van der Waals surface area contributed by atoms with Crippen LogP contribution in [0.25, 0.3) is 55.6 Å². The predicted molar refractivity (Wildman–Crippen MR) is 169 cm³/mol. The van der Waals surface area contributed by atoms with Crippen LogP contribution >= 0.6 is 0 Å². The number of fused-ring (bicyclic) bond motifs is 2. The molecule has 0 aliphatic carbocycles. The Balaban J connectivity index is 1.57. The molecule has 12 heteroatoms. The van der Waals surface area contributed by atoms with Crippen LogP contribution in [0.1, 0.15) is 15.9 Å². The number of nitrogens with zero attached hydrogens (tertiary/aromatic N) is 5. The zero-order valence-corrected chi connectivity index (χ0v) is 25.4. The van der Waals surface area contributed by atoms with Crippen molar-refractivity contribution in [2.24, 2.45) is 0 Å². The van der Waals surface area contributed by atoms with Gasteiger partial charge in [-0.15, -0.1) is 0 Å². The normalized spacial score (nSPS) is 11.6. The van der Waals surface area contributed by atoms with Crippen LogP contribution < -0.4 is 14.4 Å². The number of pyridine rings is 2. The zero-order chi connectivity index (χ0) is 31.2. The fourth-order valence-electron chi connectivity index (χ4n) is 4.96. The van der Waals surface area contributed by atoms with Crippen molar-refractivity contribution in [3.8, 4) is 39.7 Å². The molecule has 0 bridgehead atoms. The summed E-state index contributed by atoms with van der Waals surface area (Å²) in [7, 11) is 0.850. The maximum absolute atomic E-state index is 13.2. The second-order valence-corrected chi connectivity index (χ2v) is 12.3. The summed E-state index contributed by atoms with van der Waals surface area (Å²) in [6.07, 6.45) is 7.72. The number of ether oxygens (including phenoxy) is 1. The number of rotatable bonds is 7. The number of furan rings is 1. The summed E-state index contributed by atoms with van der Waals surface area (Å²) in [5.41, 5.74) is 5.93. The summed E-state index contributed by atoms with van der Waals surface area (Å²) in [5.74, 6) is 0.0520. The number of methoxy groups -OCH3 is 1. The molecule has 0 atom stereocenters. The van der Waals surface area contributed by atoms with Gasteiger partial charge in [0.1, 0.15) is 11.3 Å². The standard InChI is InChI=1S/C32H28N6O5S/c1-18-6-8-19(9-7-18)30-29(31(39)33-2)24-12-23(27(13-28(24)43-30)38(3)44(5,40)41)20-10-21(15-34-14-20)25-11-22-16-36-32(42-4)37-26(22)17-35-25/h6-17H,1-5H3,(H,33,39). The Morgan fingerprint density at radius 3 is 2.41 bits per heavy atom. The number of aromatic nitrogens is 4. The van der Waals surface area contributed by atoms with E-state index in [1.165, 1.54) is 18.5 Å². The Kier molecular flexibility index (Phi) is 7.22. The van der Waals surface area contributed by atoms with E-state index in [0.29, 0.717) is 55.9 Å². The number of aryl methyl sites for hydroxylation is 1.